The second-order valence-corrected chi connectivity index (χ2v) is 3.67. The molecule has 0 radical (unpaired) electrons. The van der Waals surface area contributed by atoms with Crippen LogP contribution in [0.5, 0.6) is 0 Å². The molecule has 5 N–H and O–H groups in total. The predicted octanol–water partition coefficient (Wildman–Crippen LogP) is -1.26. The number of carbonyl (C=O) groups excluding carboxylic acids is 2. The zero-order chi connectivity index (χ0) is 14.8. The molecule has 19 heavy (non-hydrogen) atoms. The molecule has 0 aliphatic heterocycles. The quantitative estimate of drug-likeness (QED) is 0.374. The zero-order valence-corrected chi connectivity index (χ0v) is 10.4. The summed E-state index contributed by atoms with van der Waals surface area (Å²) in [7, 11) is 0. The Morgan fingerprint density at radius 1 is 1.11 bits per heavy atom. The molecule has 0 aromatic rings. The minimum atomic E-state index is -1.55. The third kappa shape index (κ3) is 8.41. The number of urea groups is 1. The number of nitrogens with one attached hydrogen (secondary N) is 3. The predicted molar refractivity (Wildman–Crippen MR) is 63.5 cm³/mol. The Morgan fingerprint density at radius 2 is 1.74 bits per heavy atom. The fourth-order valence-corrected chi connectivity index (χ4v) is 1.07. The fraction of sp³-hybridized carbons (Fsp3) is 0.600. The maximum Gasteiger partial charge on any atom is 0.326 e. The summed E-state index contributed by atoms with van der Waals surface area (Å²) in [6, 6.07) is -2.46. The summed E-state index contributed by atoms with van der Waals surface area (Å²) >= 11 is 0. The lowest BCUT2D eigenvalue weighted by Crippen LogP contribution is -2.49. The molecule has 0 aliphatic rings. The van der Waals surface area contributed by atoms with Crippen molar-refractivity contribution in [3.05, 3.63) is 0 Å². The molecule has 0 saturated carbocycles. The lowest BCUT2D eigenvalue weighted by Gasteiger charge is -2.13. The maximum atomic E-state index is 11.3. The molecule has 0 saturated heterocycles. The van der Waals surface area contributed by atoms with Crippen LogP contribution >= 0.6 is 0 Å². The van der Waals surface area contributed by atoms with Gasteiger partial charge in [0.25, 0.3) is 0 Å². The van der Waals surface area contributed by atoms with Gasteiger partial charge in [0.15, 0.2) is 0 Å². The van der Waals surface area contributed by atoms with Crippen LogP contribution in [0, 0.1) is 0 Å². The highest BCUT2D eigenvalue weighted by molar-refractivity contribution is 5.88. The van der Waals surface area contributed by atoms with E-state index in [2.05, 4.69) is 10.6 Å². The summed E-state index contributed by atoms with van der Waals surface area (Å²) in [6.07, 6.45) is 0.00240. The van der Waals surface area contributed by atoms with Crippen molar-refractivity contribution in [3.63, 3.8) is 0 Å². The summed E-state index contributed by atoms with van der Waals surface area (Å²) in [5, 5.41) is 23.7. The van der Waals surface area contributed by atoms with Crippen molar-refractivity contribution in [3.8, 4) is 0 Å². The zero-order valence-electron chi connectivity index (χ0n) is 10.4. The van der Waals surface area contributed by atoms with E-state index in [4.69, 9.17) is 10.2 Å². The van der Waals surface area contributed by atoms with Crippen molar-refractivity contribution in [2.45, 2.75) is 25.8 Å². The molecule has 0 bridgehead atoms. The molecule has 0 heterocycles. The minimum Gasteiger partial charge on any atom is -0.481 e. The first kappa shape index (κ1) is 16.7. The van der Waals surface area contributed by atoms with Crippen LogP contribution in [0.15, 0.2) is 0 Å². The molecular weight excluding hydrogens is 258 g/mol. The van der Waals surface area contributed by atoms with Crippen molar-refractivity contribution in [1.82, 2.24) is 16.0 Å². The second kappa shape index (κ2) is 8.72. The van der Waals surface area contributed by atoms with Crippen LogP contribution in [0.4, 0.5) is 4.79 Å². The third-order valence-electron chi connectivity index (χ3n) is 1.96. The molecule has 0 rings (SSSR count). The van der Waals surface area contributed by atoms with Gasteiger partial charge >= 0.3 is 18.0 Å². The van der Waals surface area contributed by atoms with Gasteiger partial charge in [0.05, 0.1) is 13.0 Å². The van der Waals surface area contributed by atoms with Crippen molar-refractivity contribution in [2.24, 2.45) is 0 Å². The number of hydrogen-bond donors (Lipinski definition) is 5. The van der Waals surface area contributed by atoms with Crippen molar-refractivity contribution in [1.29, 1.82) is 0 Å². The van der Waals surface area contributed by atoms with Gasteiger partial charge in [-0.3, -0.25) is 9.59 Å². The average molecular weight is 275 g/mol. The van der Waals surface area contributed by atoms with Crippen LogP contribution in [0.1, 0.15) is 19.8 Å². The topological polar surface area (TPSA) is 145 Å². The van der Waals surface area contributed by atoms with Gasteiger partial charge in [-0.1, -0.05) is 6.92 Å². The number of aliphatic carboxylic acids is 2. The Kier molecular flexibility index (Phi) is 7.66. The highest BCUT2D eigenvalue weighted by Crippen LogP contribution is 1.92. The Morgan fingerprint density at radius 3 is 2.21 bits per heavy atom. The molecule has 0 fully saturated rings. The lowest BCUT2D eigenvalue weighted by atomic mass is 10.2. The lowest BCUT2D eigenvalue weighted by molar-refractivity contribution is -0.145. The third-order valence-corrected chi connectivity index (χ3v) is 1.96. The molecular formula is C10H17N3O6. The molecule has 1 atom stereocenters. The number of rotatable bonds is 8. The molecule has 9 nitrogen and oxygen atoms in total. The Labute approximate surface area is 109 Å². The van der Waals surface area contributed by atoms with Gasteiger partial charge in [-0.15, -0.1) is 0 Å². The fourth-order valence-electron chi connectivity index (χ4n) is 1.07. The van der Waals surface area contributed by atoms with E-state index in [0.29, 0.717) is 6.54 Å². The average Bonchev–Trinajstić information content (AvgIpc) is 2.32. The molecule has 0 spiro atoms. The number of carboxylic acids is 2. The van der Waals surface area contributed by atoms with E-state index in [-0.39, 0.29) is 6.54 Å². The summed E-state index contributed by atoms with van der Waals surface area (Å²) in [5.41, 5.74) is 0. The van der Waals surface area contributed by atoms with Crippen molar-refractivity contribution >= 4 is 23.9 Å². The molecule has 0 aromatic carbocycles. The van der Waals surface area contributed by atoms with Crippen LogP contribution in [0.2, 0.25) is 0 Å². The molecule has 108 valence electrons. The number of carbonyl (C=O) groups is 4. The molecule has 0 aliphatic carbocycles. The van der Waals surface area contributed by atoms with Gasteiger partial charge in [0, 0.05) is 6.54 Å². The van der Waals surface area contributed by atoms with Gasteiger partial charge in [0.2, 0.25) is 5.91 Å². The van der Waals surface area contributed by atoms with Crippen LogP contribution in [0.25, 0.3) is 0 Å². The molecule has 3 amide bonds. The first-order chi connectivity index (χ1) is 8.86. The van der Waals surface area contributed by atoms with E-state index in [1.165, 1.54) is 0 Å². The largest absolute Gasteiger partial charge is 0.481 e. The SMILES string of the molecule is CCCNC(=O)CNC(=O)NC(CC(=O)O)C(=O)O. The first-order valence-electron chi connectivity index (χ1n) is 5.62. The van der Waals surface area contributed by atoms with E-state index in [0.717, 1.165) is 6.42 Å². The number of amides is 3. The van der Waals surface area contributed by atoms with Gasteiger partial charge in [-0.2, -0.15) is 0 Å². The molecule has 0 aromatic heterocycles. The Balaban J connectivity index is 4.09. The van der Waals surface area contributed by atoms with Crippen LogP contribution in [0.3, 0.4) is 0 Å². The van der Waals surface area contributed by atoms with E-state index in [1.54, 1.807) is 0 Å². The number of carboxylic acid groups (broad SMARTS) is 2. The Bertz CT molecular complexity index is 357. The highest BCUT2D eigenvalue weighted by Gasteiger charge is 2.22. The van der Waals surface area contributed by atoms with Gasteiger partial charge in [0.1, 0.15) is 6.04 Å². The highest BCUT2D eigenvalue weighted by atomic mass is 16.4. The van der Waals surface area contributed by atoms with Gasteiger partial charge in [-0.25, -0.2) is 9.59 Å². The maximum absolute atomic E-state index is 11.3. The smallest absolute Gasteiger partial charge is 0.326 e. The van der Waals surface area contributed by atoms with Crippen LogP contribution < -0.4 is 16.0 Å². The normalized spacial score (nSPS) is 11.2. The first-order valence-corrected chi connectivity index (χ1v) is 5.62. The summed E-state index contributed by atoms with van der Waals surface area (Å²) in [5.74, 6) is -3.23. The standard InChI is InChI=1S/C10H17N3O6/c1-2-3-11-7(14)5-12-10(19)13-6(9(17)18)4-8(15)16/h6H,2-5H2,1H3,(H,11,14)(H,15,16)(H,17,18)(H2,12,13,19). The van der Waals surface area contributed by atoms with Gasteiger partial charge < -0.3 is 26.2 Å². The summed E-state index contributed by atoms with van der Waals surface area (Å²) in [6.45, 7) is 2.02. The Hall–Kier alpha value is -2.32. The van der Waals surface area contributed by atoms with Crippen molar-refractivity contribution < 1.29 is 29.4 Å². The number of hydrogen-bond acceptors (Lipinski definition) is 4. The van der Waals surface area contributed by atoms with E-state index in [9.17, 15) is 19.2 Å². The monoisotopic (exact) mass is 275 g/mol. The van der Waals surface area contributed by atoms with Crippen LogP contribution in [-0.2, 0) is 14.4 Å². The summed E-state index contributed by atoms with van der Waals surface area (Å²) in [4.78, 5) is 43.4. The van der Waals surface area contributed by atoms with Crippen molar-refractivity contribution in [2.75, 3.05) is 13.1 Å². The molecule has 1 unspecified atom stereocenters. The van der Waals surface area contributed by atoms with E-state index in [1.807, 2.05) is 12.2 Å². The van der Waals surface area contributed by atoms with Gasteiger partial charge in [-0.05, 0) is 6.42 Å². The van der Waals surface area contributed by atoms with E-state index < -0.39 is 36.3 Å². The summed E-state index contributed by atoms with van der Waals surface area (Å²) < 4.78 is 0. The van der Waals surface area contributed by atoms with E-state index >= 15 is 0 Å². The minimum absolute atomic E-state index is 0.314. The molecule has 9 heteroatoms. The van der Waals surface area contributed by atoms with Crippen LogP contribution in [-0.4, -0.2) is 53.2 Å². The second-order valence-electron chi connectivity index (χ2n) is 3.67.